The minimum atomic E-state index is -3.80. The number of carboxylic acids is 1. The van der Waals surface area contributed by atoms with Crippen LogP contribution in [0.25, 0.3) is 0 Å². The van der Waals surface area contributed by atoms with Crippen LogP contribution < -0.4 is 4.74 Å². The first-order valence-corrected chi connectivity index (χ1v) is 13.4. The zero-order valence-electron chi connectivity index (χ0n) is 20.7. The number of hydrogen-bond acceptors (Lipinski definition) is 7. The van der Waals surface area contributed by atoms with Crippen molar-refractivity contribution in [2.75, 3.05) is 13.2 Å². The van der Waals surface area contributed by atoms with Gasteiger partial charge in [-0.2, -0.15) is 4.31 Å². The van der Waals surface area contributed by atoms with Crippen molar-refractivity contribution in [3.05, 3.63) is 65.2 Å². The van der Waals surface area contributed by atoms with E-state index >= 15 is 0 Å². The van der Waals surface area contributed by atoms with Crippen molar-refractivity contribution in [3.8, 4) is 5.75 Å². The number of aliphatic carboxylic acids is 1. The van der Waals surface area contributed by atoms with Gasteiger partial charge in [0.15, 0.2) is 0 Å². The summed E-state index contributed by atoms with van der Waals surface area (Å²) in [5, 5.41) is 17.9. The third-order valence-electron chi connectivity index (χ3n) is 6.41. The van der Waals surface area contributed by atoms with Crippen LogP contribution in [0, 0.1) is 6.92 Å². The van der Waals surface area contributed by atoms with Gasteiger partial charge in [0.05, 0.1) is 18.3 Å². The summed E-state index contributed by atoms with van der Waals surface area (Å²) < 4.78 is 35.5. The van der Waals surface area contributed by atoms with E-state index in [4.69, 9.17) is 4.74 Å². The summed E-state index contributed by atoms with van der Waals surface area (Å²) in [4.78, 5) is 15.7. The highest BCUT2D eigenvalue weighted by molar-refractivity contribution is 7.89. The van der Waals surface area contributed by atoms with Crippen LogP contribution in [0.2, 0.25) is 0 Å². The van der Waals surface area contributed by atoms with Gasteiger partial charge in [0.25, 0.3) is 0 Å². The maximum absolute atomic E-state index is 13.3. The van der Waals surface area contributed by atoms with Gasteiger partial charge >= 0.3 is 5.97 Å². The lowest BCUT2D eigenvalue weighted by Gasteiger charge is -2.22. The second kappa shape index (κ2) is 10.8. The van der Waals surface area contributed by atoms with E-state index in [2.05, 4.69) is 15.3 Å². The lowest BCUT2D eigenvalue weighted by molar-refractivity contribution is -0.137. The topological polar surface area (TPSA) is 128 Å². The van der Waals surface area contributed by atoms with Gasteiger partial charge in [-0.25, -0.2) is 13.1 Å². The van der Waals surface area contributed by atoms with E-state index in [1.54, 1.807) is 10.7 Å². The molecule has 0 amide bonds. The molecule has 10 nitrogen and oxygen atoms in total. The predicted octanol–water partition coefficient (Wildman–Crippen LogP) is 3.34. The Kier molecular flexibility index (Phi) is 7.70. The molecule has 11 heteroatoms. The van der Waals surface area contributed by atoms with Crippen molar-refractivity contribution >= 4 is 16.0 Å². The maximum Gasteiger partial charge on any atom is 0.303 e. The fourth-order valence-corrected chi connectivity index (χ4v) is 5.74. The molecule has 36 heavy (non-hydrogen) atoms. The Balaban J connectivity index is 1.57. The van der Waals surface area contributed by atoms with Crippen molar-refractivity contribution in [3.63, 3.8) is 0 Å². The minimum Gasteiger partial charge on any atom is -0.491 e. The van der Waals surface area contributed by atoms with Crippen LogP contribution >= 0.6 is 0 Å². The number of benzene rings is 1. The quantitative estimate of drug-likeness (QED) is 0.461. The Bertz CT molecular complexity index is 1340. The number of hydrogen-bond donors (Lipinski definition) is 1. The lowest BCUT2D eigenvalue weighted by atomic mass is 9.88. The number of carbonyl (C=O) groups is 1. The van der Waals surface area contributed by atoms with Gasteiger partial charge in [-0.1, -0.05) is 23.4 Å². The molecule has 0 bridgehead atoms. The molecule has 1 unspecified atom stereocenters. The molecule has 0 spiro atoms. The largest absolute Gasteiger partial charge is 0.491 e. The van der Waals surface area contributed by atoms with Crippen LogP contribution in [-0.2, 0) is 27.8 Å². The van der Waals surface area contributed by atoms with Crippen LogP contribution in [-0.4, -0.2) is 56.9 Å². The molecule has 0 saturated heterocycles. The fourth-order valence-electron chi connectivity index (χ4n) is 4.27. The smallest absolute Gasteiger partial charge is 0.303 e. The molecule has 1 aromatic carbocycles. The normalized spacial score (nSPS) is 16.2. The van der Waals surface area contributed by atoms with Gasteiger partial charge in [-0.3, -0.25) is 9.78 Å². The van der Waals surface area contributed by atoms with Crippen molar-refractivity contribution in [2.45, 2.75) is 63.4 Å². The summed E-state index contributed by atoms with van der Waals surface area (Å²) in [6.07, 6.45) is 5.85. The number of aryl methyl sites for hydroxylation is 2. The Morgan fingerprint density at radius 1 is 1.25 bits per heavy atom. The summed E-state index contributed by atoms with van der Waals surface area (Å²) in [5.74, 6) is -0.835. The van der Waals surface area contributed by atoms with Gasteiger partial charge in [0.2, 0.25) is 10.0 Å². The minimum absolute atomic E-state index is 0.0320. The Morgan fingerprint density at radius 3 is 2.78 bits per heavy atom. The van der Waals surface area contributed by atoms with E-state index in [1.165, 1.54) is 16.7 Å². The molecular weight excluding hydrogens is 482 g/mol. The number of carboxylic acid groups (broad SMARTS) is 1. The molecule has 2 aromatic heterocycles. The number of nitrogens with zero attached hydrogens (tertiary/aromatic N) is 5. The molecule has 1 aliphatic heterocycles. The number of pyridine rings is 1. The number of ether oxygens (including phenoxy) is 1. The fraction of sp³-hybridized carbons (Fsp3) is 0.440. The molecule has 0 aliphatic carbocycles. The third kappa shape index (κ3) is 5.73. The molecule has 1 atom stereocenters. The van der Waals surface area contributed by atoms with Crippen LogP contribution in [0.15, 0.2) is 47.8 Å². The monoisotopic (exact) mass is 513 g/mol. The second-order valence-electron chi connectivity index (χ2n) is 9.31. The zero-order chi connectivity index (χ0) is 25.9. The molecule has 1 aliphatic rings. The second-order valence-corrected chi connectivity index (χ2v) is 11.2. The molecule has 1 N–H and O–H groups in total. The molecule has 0 saturated carbocycles. The average Bonchev–Trinajstić information content (AvgIpc) is 3.27. The summed E-state index contributed by atoms with van der Waals surface area (Å²) in [6.45, 7) is 6.54. The average molecular weight is 514 g/mol. The van der Waals surface area contributed by atoms with E-state index in [1.807, 2.05) is 45.2 Å². The zero-order valence-corrected chi connectivity index (χ0v) is 21.5. The van der Waals surface area contributed by atoms with E-state index in [0.29, 0.717) is 18.6 Å². The van der Waals surface area contributed by atoms with Crippen LogP contribution in [0.5, 0.6) is 5.75 Å². The van der Waals surface area contributed by atoms with Crippen molar-refractivity contribution < 1.29 is 23.1 Å². The van der Waals surface area contributed by atoms with E-state index in [9.17, 15) is 18.3 Å². The number of aromatic nitrogens is 4. The molecule has 3 heterocycles. The molecule has 192 valence electrons. The molecule has 0 fully saturated rings. The standard InChI is InChI=1S/C25H31N5O5S/c1-17(2)30-16-22(27-28-30)7-6-20(13-25(31)32)19-5-4-18(3)21(12-19)15-29-10-11-35-23-8-9-26-14-24(23)36(29,33)34/h4-5,8-9,12,14,16-17,20H,6-7,10-11,13,15H2,1-3H3,(H,31,32). The molecule has 4 rings (SSSR count). The highest BCUT2D eigenvalue weighted by atomic mass is 32.2. The van der Waals surface area contributed by atoms with Gasteiger partial charge in [-0.05, 0) is 62.3 Å². The van der Waals surface area contributed by atoms with E-state index < -0.39 is 16.0 Å². The first-order valence-electron chi connectivity index (χ1n) is 11.9. The van der Waals surface area contributed by atoms with Crippen molar-refractivity contribution in [2.24, 2.45) is 0 Å². The Hall–Kier alpha value is -3.31. The van der Waals surface area contributed by atoms with Crippen LogP contribution in [0.4, 0.5) is 0 Å². The summed E-state index contributed by atoms with van der Waals surface area (Å²) in [5.41, 5.74) is 3.43. The first-order chi connectivity index (χ1) is 17.1. The van der Waals surface area contributed by atoms with Crippen LogP contribution in [0.3, 0.4) is 0 Å². The van der Waals surface area contributed by atoms with Gasteiger partial charge in [0, 0.05) is 31.5 Å². The lowest BCUT2D eigenvalue weighted by Crippen LogP contribution is -2.32. The molecule has 3 aromatic rings. The van der Waals surface area contributed by atoms with Crippen molar-refractivity contribution in [1.29, 1.82) is 0 Å². The van der Waals surface area contributed by atoms with Crippen molar-refractivity contribution in [1.82, 2.24) is 24.3 Å². The van der Waals surface area contributed by atoms with Gasteiger partial charge in [0.1, 0.15) is 17.3 Å². The SMILES string of the molecule is Cc1ccc(C(CCc2cn(C(C)C)nn2)CC(=O)O)cc1CN1CCOc2ccncc2S1(=O)=O. The third-order valence-corrected chi connectivity index (χ3v) is 8.26. The maximum atomic E-state index is 13.3. The molecule has 0 radical (unpaired) electrons. The van der Waals surface area contributed by atoms with E-state index in [0.717, 1.165) is 22.4 Å². The molecular formula is C25H31N5O5S. The predicted molar refractivity (Wildman–Crippen MR) is 132 cm³/mol. The first kappa shape index (κ1) is 25.8. The highest BCUT2D eigenvalue weighted by Crippen LogP contribution is 2.31. The van der Waals surface area contributed by atoms with Crippen LogP contribution in [0.1, 0.15) is 61.0 Å². The Morgan fingerprint density at radius 2 is 2.06 bits per heavy atom. The summed E-state index contributed by atoms with van der Waals surface area (Å²) in [7, 11) is -3.80. The number of sulfonamides is 1. The van der Waals surface area contributed by atoms with E-state index in [-0.39, 0.29) is 43.0 Å². The summed E-state index contributed by atoms with van der Waals surface area (Å²) in [6, 6.07) is 7.53. The van der Waals surface area contributed by atoms with Gasteiger partial charge in [-0.15, -0.1) is 5.10 Å². The Labute approximate surface area is 211 Å². The number of rotatable bonds is 9. The van der Waals surface area contributed by atoms with Gasteiger partial charge < -0.3 is 9.84 Å². The summed E-state index contributed by atoms with van der Waals surface area (Å²) >= 11 is 0. The number of fused-ring (bicyclic) bond motifs is 1. The highest BCUT2D eigenvalue weighted by Gasteiger charge is 2.31.